The second kappa shape index (κ2) is 5.85. The van der Waals surface area contributed by atoms with Gasteiger partial charge in [-0.15, -0.1) is 0 Å². The fraction of sp³-hybridized carbons (Fsp3) is 0.667. The van der Waals surface area contributed by atoms with E-state index in [0.29, 0.717) is 18.0 Å². The molecule has 20 heavy (non-hydrogen) atoms. The maximum atomic E-state index is 12.9. The first-order valence-corrected chi connectivity index (χ1v) is 8.13. The van der Waals surface area contributed by atoms with Crippen molar-refractivity contribution in [2.75, 3.05) is 0 Å². The Labute approximate surface area is 122 Å². The van der Waals surface area contributed by atoms with Gasteiger partial charge < -0.3 is 5.32 Å². The van der Waals surface area contributed by atoms with Gasteiger partial charge in [0.25, 0.3) is 0 Å². The van der Waals surface area contributed by atoms with E-state index in [1.807, 2.05) is 12.1 Å². The molecule has 2 heteroatoms. The van der Waals surface area contributed by atoms with E-state index in [0.717, 1.165) is 11.8 Å². The molecule has 2 saturated carbocycles. The molecule has 110 valence electrons. The quantitative estimate of drug-likeness (QED) is 0.857. The molecule has 2 aliphatic carbocycles. The van der Waals surface area contributed by atoms with Crippen LogP contribution in [0, 0.1) is 17.7 Å². The minimum absolute atomic E-state index is 0.132. The van der Waals surface area contributed by atoms with Crippen molar-refractivity contribution in [2.24, 2.45) is 11.8 Å². The minimum atomic E-state index is -0.132. The molecule has 0 bridgehead atoms. The molecule has 2 aliphatic rings. The maximum absolute atomic E-state index is 12.9. The van der Waals surface area contributed by atoms with Gasteiger partial charge in [-0.1, -0.05) is 26.0 Å². The van der Waals surface area contributed by atoms with E-state index in [2.05, 4.69) is 19.2 Å². The number of halogens is 1. The lowest BCUT2D eigenvalue weighted by Gasteiger charge is -2.42. The zero-order chi connectivity index (χ0) is 14.1. The van der Waals surface area contributed by atoms with Gasteiger partial charge in [-0.25, -0.2) is 4.39 Å². The number of hydrogen-bond acceptors (Lipinski definition) is 1. The first-order chi connectivity index (χ1) is 9.61. The number of rotatable bonds is 3. The molecule has 3 rings (SSSR count). The summed E-state index contributed by atoms with van der Waals surface area (Å²) in [6.45, 7) is 4.77. The molecular formula is C18H26FN. The lowest BCUT2D eigenvalue weighted by molar-refractivity contribution is 0.176. The van der Waals surface area contributed by atoms with Crippen LogP contribution in [-0.4, -0.2) is 12.1 Å². The highest BCUT2D eigenvalue weighted by molar-refractivity contribution is 5.23. The lowest BCUT2D eigenvalue weighted by Crippen LogP contribution is -2.49. The topological polar surface area (TPSA) is 12.0 Å². The summed E-state index contributed by atoms with van der Waals surface area (Å²) in [5, 5.41) is 3.86. The van der Waals surface area contributed by atoms with Gasteiger partial charge in [0, 0.05) is 12.1 Å². The largest absolute Gasteiger partial charge is 0.311 e. The van der Waals surface area contributed by atoms with Crippen LogP contribution in [-0.2, 0) is 0 Å². The van der Waals surface area contributed by atoms with Crippen LogP contribution in [0.3, 0.4) is 0 Å². The Bertz CT molecular complexity index is 435. The third-order valence-electron chi connectivity index (χ3n) is 5.36. The monoisotopic (exact) mass is 275 g/mol. The molecule has 1 N–H and O–H groups in total. The standard InChI is InChI=1S/C18H26FN/c1-12-3-8-18(13(2)9-12)20-17-10-15(11-17)14-4-6-16(19)7-5-14/h4-7,12-13,15,17-18,20H,3,8-11H2,1-2H3. The van der Waals surface area contributed by atoms with Gasteiger partial charge in [0.2, 0.25) is 0 Å². The molecule has 0 heterocycles. The van der Waals surface area contributed by atoms with Crippen molar-refractivity contribution in [3.63, 3.8) is 0 Å². The summed E-state index contributed by atoms with van der Waals surface area (Å²) in [6.07, 6.45) is 6.50. The molecule has 3 atom stereocenters. The lowest BCUT2D eigenvalue weighted by atomic mass is 9.73. The average Bonchev–Trinajstić information content (AvgIpc) is 2.37. The first kappa shape index (κ1) is 14.1. The molecule has 1 aromatic carbocycles. The number of benzene rings is 1. The summed E-state index contributed by atoms with van der Waals surface area (Å²) >= 11 is 0. The van der Waals surface area contributed by atoms with Gasteiger partial charge in [-0.2, -0.15) is 0 Å². The van der Waals surface area contributed by atoms with Gasteiger partial charge in [0.15, 0.2) is 0 Å². The van der Waals surface area contributed by atoms with Crippen molar-refractivity contribution in [3.8, 4) is 0 Å². The fourth-order valence-electron chi connectivity index (χ4n) is 3.98. The minimum Gasteiger partial charge on any atom is -0.311 e. The van der Waals surface area contributed by atoms with Gasteiger partial charge >= 0.3 is 0 Å². The molecule has 0 radical (unpaired) electrons. The molecular weight excluding hydrogens is 249 g/mol. The smallest absolute Gasteiger partial charge is 0.123 e. The Morgan fingerprint density at radius 1 is 1.00 bits per heavy atom. The molecule has 0 spiro atoms. The highest BCUT2D eigenvalue weighted by Crippen LogP contribution is 2.38. The first-order valence-electron chi connectivity index (χ1n) is 8.13. The molecule has 3 unspecified atom stereocenters. The molecule has 0 aromatic heterocycles. The van der Waals surface area contributed by atoms with E-state index in [-0.39, 0.29) is 5.82 Å². The molecule has 1 nitrogen and oxygen atoms in total. The molecule has 0 saturated heterocycles. The van der Waals surface area contributed by atoms with E-state index in [1.54, 1.807) is 12.1 Å². The van der Waals surface area contributed by atoms with Crippen molar-refractivity contribution >= 4 is 0 Å². The molecule has 0 aliphatic heterocycles. The van der Waals surface area contributed by atoms with Crippen molar-refractivity contribution in [3.05, 3.63) is 35.6 Å². The zero-order valence-electron chi connectivity index (χ0n) is 12.6. The summed E-state index contributed by atoms with van der Waals surface area (Å²) in [4.78, 5) is 0. The molecule has 0 amide bonds. The van der Waals surface area contributed by atoms with Crippen LogP contribution < -0.4 is 5.32 Å². The van der Waals surface area contributed by atoms with Crippen molar-refractivity contribution in [2.45, 2.75) is 64.0 Å². The number of hydrogen-bond donors (Lipinski definition) is 1. The maximum Gasteiger partial charge on any atom is 0.123 e. The van der Waals surface area contributed by atoms with Crippen molar-refractivity contribution in [1.82, 2.24) is 5.32 Å². The van der Waals surface area contributed by atoms with E-state index in [1.165, 1.54) is 37.7 Å². The van der Waals surface area contributed by atoms with Crippen LogP contribution in [0.15, 0.2) is 24.3 Å². The average molecular weight is 275 g/mol. The van der Waals surface area contributed by atoms with E-state index in [9.17, 15) is 4.39 Å². The van der Waals surface area contributed by atoms with Crippen LogP contribution in [0.2, 0.25) is 0 Å². The highest BCUT2D eigenvalue weighted by Gasteiger charge is 2.34. The fourth-order valence-corrected chi connectivity index (χ4v) is 3.98. The van der Waals surface area contributed by atoms with Gasteiger partial charge in [-0.3, -0.25) is 0 Å². The second-order valence-electron chi connectivity index (χ2n) is 7.09. The highest BCUT2D eigenvalue weighted by atomic mass is 19.1. The normalized spacial score (nSPS) is 37.5. The van der Waals surface area contributed by atoms with E-state index < -0.39 is 0 Å². The SMILES string of the molecule is CC1CCC(NC2CC(c3ccc(F)cc3)C2)C(C)C1. The Hall–Kier alpha value is -0.890. The van der Waals surface area contributed by atoms with Crippen molar-refractivity contribution < 1.29 is 4.39 Å². The summed E-state index contributed by atoms with van der Waals surface area (Å²) in [5.41, 5.74) is 1.30. The summed E-state index contributed by atoms with van der Waals surface area (Å²) in [7, 11) is 0. The summed E-state index contributed by atoms with van der Waals surface area (Å²) in [6, 6.07) is 8.44. The van der Waals surface area contributed by atoms with Gasteiger partial charge in [0.1, 0.15) is 5.82 Å². The van der Waals surface area contributed by atoms with Crippen LogP contribution in [0.4, 0.5) is 4.39 Å². The Morgan fingerprint density at radius 2 is 1.70 bits per heavy atom. The van der Waals surface area contributed by atoms with Crippen LogP contribution in [0.1, 0.15) is 57.4 Å². The Balaban J connectivity index is 1.47. The van der Waals surface area contributed by atoms with Crippen LogP contribution >= 0.6 is 0 Å². The van der Waals surface area contributed by atoms with Crippen LogP contribution in [0.25, 0.3) is 0 Å². The Morgan fingerprint density at radius 3 is 2.35 bits per heavy atom. The Kier molecular flexibility index (Phi) is 4.11. The van der Waals surface area contributed by atoms with Crippen molar-refractivity contribution in [1.29, 1.82) is 0 Å². The summed E-state index contributed by atoms with van der Waals surface area (Å²) in [5.74, 6) is 2.21. The van der Waals surface area contributed by atoms with Gasteiger partial charge in [0.05, 0.1) is 0 Å². The predicted octanol–water partition coefficient (Wildman–Crippen LogP) is 4.49. The van der Waals surface area contributed by atoms with Crippen LogP contribution in [0.5, 0.6) is 0 Å². The molecule has 1 aromatic rings. The van der Waals surface area contributed by atoms with Gasteiger partial charge in [-0.05, 0) is 67.6 Å². The second-order valence-corrected chi connectivity index (χ2v) is 7.09. The third kappa shape index (κ3) is 3.06. The molecule has 2 fully saturated rings. The third-order valence-corrected chi connectivity index (χ3v) is 5.36. The predicted molar refractivity (Wildman–Crippen MR) is 81.3 cm³/mol. The zero-order valence-corrected chi connectivity index (χ0v) is 12.6. The summed E-state index contributed by atoms with van der Waals surface area (Å²) < 4.78 is 12.9. The van der Waals surface area contributed by atoms with E-state index >= 15 is 0 Å². The number of nitrogens with one attached hydrogen (secondary N) is 1. The van der Waals surface area contributed by atoms with E-state index in [4.69, 9.17) is 0 Å².